The third kappa shape index (κ3) is 3.23. The number of carbonyl (C=O) groups is 1. The molecule has 132 valence electrons. The smallest absolute Gasteiger partial charge is 0.341 e. The molecular formula is C18H24F2N2O2. The van der Waals surface area contributed by atoms with Gasteiger partial charge in [-0.2, -0.15) is 0 Å². The summed E-state index contributed by atoms with van der Waals surface area (Å²) in [6.45, 7) is 1.95. The van der Waals surface area contributed by atoms with Gasteiger partial charge in [-0.05, 0) is 37.3 Å². The molecule has 1 unspecified atom stereocenters. The standard InChI is InChI=1S/C18H24F2N2O2/c1-12-11-22(9-8-18(12,19)20)16-14(17(23)24-2)10-13-6-4-3-5-7-15(13)21-16/h10,12H,3-9,11H2,1-2H3. The minimum absolute atomic E-state index is 0.197. The van der Waals surface area contributed by atoms with E-state index in [1.165, 1.54) is 7.11 Å². The molecule has 1 fully saturated rings. The molecule has 1 aromatic rings. The average molecular weight is 338 g/mol. The topological polar surface area (TPSA) is 42.4 Å². The van der Waals surface area contributed by atoms with Crippen LogP contribution in [0.25, 0.3) is 0 Å². The highest BCUT2D eigenvalue weighted by Gasteiger charge is 2.42. The van der Waals surface area contributed by atoms with E-state index >= 15 is 0 Å². The van der Waals surface area contributed by atoms with Crippen LogP contribution in [0.2, 0.25) is 0 Å². The predicted molar refractivity (Wildman–Crippen MR) is 87.8 cm³/mol. The van der Waals surface area contributed by atoms with Gasteiger partial charge in [-0.3, -0.25) is 0 Å². The number of hydrogen-bond donors (Lipinski definition) is 0. The van der Waals surface area contributed by atoms with Crippen molar-refractivity contribution in [3.63, 3.8) is 0 Å². The van der Waals surface area contributed by atoms with Crippen molar-refractivity contribution in [1.82, 2.24) is 4.98 Å². The number of aromatic nitrogens is 1. The van der Waals surface area contributed by atoms with Gasteiger partial charge in [0.25, 0.3) is 5.92 Å². The summed E-state index contributed by atoms with van der Waals surface area (Å²) in [5.74, 6) is -3.37. The Hall–Kier alpha value is -1.72. The molecule has 0 aromatic carbocycles. The molecule has 2 heterocycles. The maximum Gasteiger partial charge on any atom is 0.341 e. The lowest BCUT2D eigenvalue weighted by Gasteiger charge is -2.38. The lowest BCUT2D eigenvalue weighted by atomic mass is 9.95. The number of carbonyl (C=O) groups excluding carboxylic acids is 1. The highest BCUT2D eigenvalue weighted by atomic mass is 19.3. The van der Waals surface area contributed by atoms with Crippen LogP contribution in [0.4, 0.5) is 14.6 Å². The van der Waals surface area contributed by atoms with Crippen molar-refractivity contribution in [3.05, 3.63) is 22.9 Å². The third-order valence-electron chi connectivity index (χ3n) is 5.17. The summed E-state index contributed by atoms with van der Waals surface area (Å²) < 4.78 is 32.5. The maximum atomic E-state index is 13.8. The number of esters is 1. The van der Waals surface area contributed by atoms with Crippen molar-refractivity contribution in [3.8, 4) is 0 Å². The molecule has 6 heteroatoms. The number of pyridine rings is 1. The summed E-state index contributed by atoms with van der Waals surface area (Å²) in [4.78, 5) is 18.8. The lowest BCUT2D eigenvalue weighted by molar-refractivity contribution is -0.0652. The zero-order valence-electron chi connectivity index (χ0n) is 14.3. The zero-order valence-corrected chi connectivity index (χ0v) is 14.3. The van der Waals surface area contributed by atoms with Gasteiger partial charge in [0.15, 0.2) is 0 Å². The number of alkyl halides is 2. The van der Waals surface area contributed by atoms with Crippen LogP contribution < -0.4 is 4.90 Å². The summed E-state index contributed by atoms with van der Waals surface area (Å²) in [6.07, 6.45) is 4.87. The molecule has 0 bridgehead atoms. The van der Waals surface area contributed by atoms with Crippen molar-refractivity contribution in [2.75, 3.05) is 25.1 Å². The largest absolute Gasteiger partial charge is 0.465 e. The fourth-order valence-electron chi connectivity index (χ4n) is 3.58. The molecule has 1 aromatic heterocycles. The Morgan fingerprint density at radius 2 is 2.08 bits per heavy atom. The van der Waals surface area contributed by atoms with E-state index in [1.54, 1.807) is 6.92 Å². The zero-order chi connectivity index (χ0) is 17.3. The number of nitrogens with zero attached hydrogens (tertiary/aromatic N) is 2. The molecule has 0 saturated carbocycles. The average Bonchev–Trinajstić information content (AvgIpc) is 2.80. The van der Waals surface area contributed by atoms with Crippen LogP contribution in [0, 0.1) is 5.92 Å². The Kier molecular flexibility index (Phi) is 4.74. The van der Waals surface area contributed by atoms with Crippen LogP contribution in [0.1, 0.15) is 54.2 Å². The molecule has 2 aliphatic rings. The SMILES string of the molecule is COC(=O)c1cc2c(nc1N1CCC(F)(F)C(C)C1)CCCCC2. The first kappa shape index (κ1) is 17.1. The second-order valence-electron chi connectivity index (χ2n) is 6.88. The van der Waals surface area contributed by atoms with Gasteiger partial charge in [0.2, 0.25) is 0 Å². The third-order valence-corrected chi connectivity index (χ3v) is 5.17. The molecule has 1 saturated heterocycles. The van der Waals surface area contributed by atoms with Crippen LogP contribution >= 0.6 is 0 Å². The molecular weight excluding hydrogens is 314 g/mol. The van der Waals surface area contributed by atoms with E-state index in [9.17, 15) is 13.6 Å². The van der Waals surface area contributed by atoms with Crippen molar-refractivity contribution < 1.29 is 18.3 Å². The van der Waals surface area contributed by atoms with Gasteiger partial charge in [0.05, 0.1) is 7.11 Å². The Bertz CT molecular complexity index is 634. The molecule has 4 nitrogen and oxygen atoms in total. The first-order valence-electron chi connectivity index (χ1n) is 8.66. The minimum Gasteiger partial charge on any atom is -0.465 e. The first-order valence-corrected chi connectivity index (χ1v) is 8.66. The van der Waals surface area contributed by atoms with Gasteiger partial charge < -0.3 is 9.64 Å². The minimum atomic E-state index is -2.66. The number of methoxy groups -OCH3 is 1. The van der Waals surface area contributed by atoms with E-state index in [0.717, 1.165) is 43.4 Å². The summed E-state index contributed by atoms with van der Waals surface area (Å²) >= 11 is 0. The van der Waals surface area contributed by atoms with Gasteiger partial charge in [0, 0.05) is 31.1 Å². The van der Waals surface area contributed by atoms with Crippen LogP contribution in [0.5, 0.6) is 0 Å². The van der Waals surface area contributed by atoms with E-state index < -0.39 is 17.8 Å². The number of rotatable bonds is 2. The van der Waals surface area contributed by atoms with Crippen LogP contribution in [-0.4, -0.2) is 37.1 Å². The Balaban J connectivity index is 1.99. The molecule has 0 radical (unpaired) electrons. The molecule has 24 heavy (non-hydrogen) atoms. The van der Waals surface area contributed by atoms with Crippen LogP contribution in [0.3, 0.4) is 0 Å². The molecule has 1 atom stereocenters. The summed E-state index contributed by atoms with van der Waals surface area (Å²) in [5.41, 5.74) is 2.49. The molecule has 3 rings (SSSR count). The van der Waals surface area contributed by atoms with Crippen molar-refractivity contribution >= 4 is 11.8 Å². The highest BCUT2D eigenvalue weighted by molar-refractivity contribution is 5.95. The monoisotopic (exact) mass is 338 g/mol. The van der Waals surface area contributed by atoms with Crippen LogP contribution in [0.15, 0.2) is 6.07 Å². The van der Waals surface area contributed by atoms with E-state index in [-0.39, 0.29) is 19.5 Å². The number of aryl methyl sites for hydroxylation is 2. The molecule has 1 aliphatic carbocycles. The molecule has 0 amide bonds. The number of anilines is 1. The molecule has 0 spiro atoms. The summed E-state index contributed by atoms with van der Waals surface area (Å²) in [7, 11) is 1.34. The number of halogens is 2. The van der Waals surface area contributed by atoms with E-state index in [1.807, 2.05) is 11.0 Å². The number of piperidine rings is 1. The van der Waals surface area contributed by atoms with E-state index in [0.29, 0.717) is 11.4 Å². The van der Waals surface area contributed by atoms with Crippen molar-refractivity contribution in [2.45, 2.75) is 51.4 Å². The van der Waals surface area contributed by atoms with Gasteiger partial charge in [0.1, 0.15) is 11.4 Å². The van der Waals surface area contributed by atoms with Crippen molar-refractivity contribution in [1.29, 1.82) is 0 Å². The molecule has 1 aliphatic heterocycles. The summed E-state index contributed by atoms with van der Waals surface area (Å²) in [5, 5.41) is 0. The number of hydrogen-bond acceptors (Lipinski definition) is 4. The quantitative estimate of drug-likeness (QED) is 0.610. The second kappa shape index (κ2) is 6.65. The Labute approximate surface area is 141 Å². The van der Waals surface area contributed by atoms with Gasteiger partial charge in [-0.25, -0.2) is 18.6 Å². The first-order chi connectivity index (χ1) is 11.4. The van der Waals surface area contributed by atoms with Gasteiger partial charge >= 0.3 is 5.97 Å². The second-order valence-corrected chi connectivity index (χ2v) is 6.88. The van der Waals surface area contributed by atoms with Gasteiger partial charge in [-0.15, -0.1) is 0 Å². The summed E-state index contributed by atoms with van der Waals surface area (Å²) in [6, 6.07) is 1.87. The number of ether oxygens (including phenoxy) is 1. The predicted octanol–water partition coefficient (Wildman–Crippen LogP) is 3.62. The van der Waals surface area contributed by atoms with E-state index in [4.69, 9.17) is 9.72 Å². The number of fused-ring (bicyclic) bond motifs is 1. The normalized spacial score (nSPS) is 23.3. The maximum absolute atomic E-state index is 13.8. The van der Waals surface area contributed by atoms with Gasteiger partial charge in [-0.1, -0.05) is 13.3 Å². The lowest BCUT2D eigenvalue weighted by Crippen LogP contribution is -2.46. The fraction of sp³-hybridized carbons (Fsp3) is 0.667. The van der Waals surface area contributed by atoms with Crippen molar-refractivity contribution in [2.24, 2.45) is 5.92 Å². The molecule has 0 N–H and O–H groups in total. The highest BCUT2D eigenvalue weighted by Crippen LogP contribution is 2.36. The van der Waals surface area contributed by atoms with E-state index in [2.05, 4.69) is 0 Å². The Morgan fingerprint density at radius 1 is 1.33 bits per heavy atom. The fourth-order valence-corrected chi connectivity index (χ4v) is 3.58. The Morgan fingerprint density at radius 3 is 2.79 bits per heavy atom. The van der Waals surface area contributed by atoms with Crippen LogP contribution in [-0.2, 0) is 17.6 Å².